The van der Waals surface area contributed by atoms with Crippen LogP contribution < -0.4 is 14.8 Å². The first kappa shape index (κ1) is 20.1. The Morgan fingerprint density at radius 2 is 1.89 bits per heavy atom. The van der Waals surface area contributed by atoms with Crippen LogP contribution in [0.4, 0.5) is 0 Å². The summed E-state index contributed by atoms with van der Waals surface area (Å²) in [5.74, 6) is -1.62. The molecule has 2 aliphatic heterocycles. The molecular weight excluding hydrogens is 364 g/mol. The maximum Gasteiger partial charge on any atom is 0.327 e. The average molecular weight is 390 g/mol. The molecular formula is C20H26N2O6. The summed E-state index contributed by atoms with van der Waals surface area (Å²) in [6, 6.07) is 4.69. The minimum Gasteiger partial charge on any atom is -0.497 e. The minimum absolute atomic E-state index is 0.189. The van der Waals surface area contributed by atoms with Crippen LogP contribution in [0, 0.1) is 11.8 Å². The lowest BCUT2D eigenvalue weighted by molar-refractivity contribution is -0.156. The predicted octanol–water partition coefficient (Wildman–Crippen LogP) is 1.29. The molecule has 1 aromatic rings. The molecule has 0 aromatic heterocycles. The molecule has 2 fully saturated rings. The fourth-order valence-electron chi connectivity index (χ4n) is 4.41. The van der Waals surface area contributed by atoms with Crippen LogP contribution in [0.5, 0.6) is 11.5 Å². The molecule has 2 saturated heterocycles. The molecule has 2 amide bonds. The Labute approximate surface area is 164 Å². The lowest BCUT2D eigenvalue weighted by atomic mass is 9.78. The lowest BCUT2D eigenvalue weighted by Crippen LogP contribution is -2.55. The molecule has 3 rings (SSSR count). The smallest absolute Gasteiger partial charge is 0.327 e. The number of esters is 1. The number of amides is 2. The van der Waals surface area contributed by atoms with E-state index in [1.807, 2.05) is 6.92 Å². The highest BCUT2D eigenvalue weighted by atomic mass is 16.5. The molecule has 8 nitrogen and oxygen atoms in total. The summed E-state index contributed by atoms with van der Waals surface area (Å²) in [5.41, 5.74) is -0.581. The molecule has 0 unspecified atom stereocenters. The van der Waals surface area contributed by atoms with Crippen LogP contribution in [0.25, 0.3) is 0 Å². The van der Waals surface area contributed by atoms with Gasteiger partial charge in [0.1, 0.15) is 17.0 Å². The van der Waals surface area contributed by atoms with Gasteiger partial charge in [-0.15, -0.1) is 0 Å². The van der Waals surface area contributed by atoms with Gasteiger partial charge in [0.05, 0.1) is 32.7 Å². The van der Waals surface area contributed by atoms with Gasteiger partial charge in [-0.25, -0.2) is 0 Å². The van der Waals surface area contributed by atoms with Crippen molar-refractivity contribution >= 4 is 17.8 Å². The number of ether oxygens (including phenoxy) is 3. The van der Waals surface area contributed by atoms with E-state index in [2.05, 4.69) is 5.32 Å². The Kier molecular flexibility index (Phi) is 5.34. The third-order valence-corrected chi connectivity index (χ3v) is 5.85. The molecule has 2 aliphatic rings. The number of hydrogen-bond acceptors (Lipinski definition) is 7. The Balaban J connectivity index is 2.15. The zero-order chi connectivity index (χ0) is 20.6. The van der Waals surface area contributed by atoms with E-state index in [0.717, 1.165) is 4.90 Å². The summed E-state index contributed by atoms with van der Waals surface area (Å²) in [7, 11) is 4.53. The van der Waals surface area contributed by atoms with Crippen molar-refractivity contribution in [1.82, 2.24) is 10.2 Å². The number of nitrogens with zero attached hydrogens (tertiary/aromatic N) is 1. The van der Waals surface area contributed by atoms with E-state index in [-0.39, 0.29) is 18.4 Å². The molecule has 28 heavy (non-hydrogen) atoms. The topological polar surface area (TPSA) is 94.2 Å². The number of likely N-dealkylation sites (tertiary alicyclic amines) is 1. The number of hydrogen-bond donors (Lipinski definition) is 1. The number of carbonyl (C=O) groups excluding carboxylic acids is 3. The van der Waals surface area contributed by atoms with Gasteiger partial charge in [-0.3, -0.25) is 24.6 Å². The second kappa shape index (κ2) is 7.43. The Bertz CT molecular complexity index is 810. The minimum atomic E-state index is -1.27. The van der Waals surface area contributed by atoms with Gasteiger partial charge in [0.15, 0.2) is 0 Å². The largest absolute Gasteiger partial charge is 0.497 e. The average Bonchev–Trinajstić information content (AvgIpc) is 3.17. The molecule has 1 N–H and O–H groups in total. The van der Waals surface area contributed by atoms with Crippen molar-refractivity contribution in [2.24, 2.45) is 11.8 Å². The lowest BCUT2D eigenvalue weighted by Gasteiger charge is -2.31. The molecule has 1 aromatic carbocycles. The zero-order valence-corrected chi connectivity index (χ0v) is 16.8. The second-order valence-corrected chi connectivity index (χ2v) is 7.01. The van der Waals surface area contributed by atoms with Crippen molar-refractivity contribution in [1.29, 1.82) is 0 Å². The first-order valence-corrected chi connectivity index (χ1v) is 9.34. The molecule has 0 spiro atoms. The third kappa shape index (κ3) is 2.74. The summed E-state index contributed by atoms with van der Waals surface area (Å²) >= 11 is 0. The van der Waals surface area contributed by atoms with Crippen molar-refractivity contribution in [2.75, 3.05) is 27.9 Å². The molecule has 0 aliphatic carbocycles. The van der Waals surface area contributed by atoms with Crippen LogP contribution in [0.15, 0.2) is 18.2 Å². The number of fused-ring (bicyclic) bond motifs is 1. The monoisotopic (exact) mass is 390 g/mol. The van der Waals surface area contributed by atoms with Gasteiger partial charge in [-0.05, 0) is 19.4 Å². The predicted molar refractivity (Wildman–Crippen MR) is 99.8 cm³/mol. The van der Waals surface area contributed by atoms with Gasteiger partial charge in [0.25, 0.3) is 0 Å². The molecule has 8 heteroatoms. The normalized spacial score (nSPS) is 29.0. The van der Waals surface area contributed by atoms with Crippen LogP contribution >= 0.6 is 0 Å². The van der Waals surface area contributed by atoms with Crippen molar-refractivity contribution in [3.8, 4) is 11.5 Å². The van der Waals surface area contributed by atoms with E-state index in [1.54, 1.807) is 32.2 Å². The molecule has 0 saturated carbocycles. The molecule has 152 valence electrons. The van der Waals surface area contributed by atoms with Crippen molar-refractivity contribution in [3.63, 3.8) is 0 Å². The fraction of sp³-hybridized carbons (Fsp3) is 0.550. The van der Waals surface area contributed by atoms with Gasteiger partial charge in [0, 0.05) is 24.7 Å². The summed E-state index contributed by atoms with van der Waals surface area (Å²) in [6.07, 6.45) is 0.314. The van der Waals surface area contributed by atoms with Crippen LogP contribution in [-0.2, 0) is 19.1 Å². The van der Waals surface area contributed by atoms with Gasteiger partial charge >= 0.3 is 5.97 Å². The molecule has 4 atom stereocenters. The maximum absolute atomic E-state index is 12.9. The van der Waals surface area contributed by atoms with Gasteiger partial charge < -0.3 is 14.2 Å². The SMILES string of the molecule is CCOC(=O)[C@]1(CC)N[C@@H](c2ccc(OC)cc2OC)[C@H]2C(=O)N(C)C(=O)[C@H]21. The highest BCUT2D eigenvalue weighted by molar-refractivity contribution is 6.09. The number of rotatable bonds is 6. The van der Waals surface area contributed by atoms with E-state index < -0.39 is 29.4 Å². The van der Waals surface area contributed by atoms with Crippen LogP contribution in [0.2, 0.25) is 0 Å². The van der Waals surface area contributed by atoms with E-state index >= 15 is 0 Å². The quantitative estimate of drug-likeness (QED) is 0.578. The van der Waals surface area contributed by atoms with Gasteiger partial charge in [-0.1, -0.05) is 13.0 Å². The number of benzene rings is 1. The van der Waals surface area contributed by atoms with Gasteiger partial charge in [-0.2, -0.15) is 0 Å². The van der Waals surface area contributed by atoms with E-state index in [4.69, 9.17) is 14.2 Å². The summed E-state index contributed by atoms with van der Waals surface area (Å²) in [6.45, 7) is 3.71. The highest BCUT2D eigenvalue weighted by Gasteiger charge is 2.67. The van der Waals surface area contributed by atoms with Crippen LogP contribution in [0.1, 0.15) is 31.9 Å². The van der Waals surface area contributed by atoms with Crippen molar-refractivity contribution in [3.05, 3.63) is 23.8 Å². The number of nitrogens with one attached hydrogen (secondary N) is 1. The van der Waals surface area contributed by atoms with E-state index in [1.165, 1.54) is 14.2 Å². The van der Waals surface area contributed by atoms with Gasteiger partial charge in [0.2, 0.25) is 11.8 Å². The van der Waals surface area contributed by atoms with Crippen molar-refractivity contribution < 1.29 is 28.6 Å². The van der Waals surface area contributed by atoms with Crippen LogP contribution in [-0.4, -0.2) is 56.1 Å². The number of methoxy groups -OCH3 is 2. The first-order valence-electron chi connectivity index (χ1n) is 9.34. The standard InChI is InChI=1S/C20H26N2O6/c1-6-20(19(25)28-7-2)15-14(17(23)22(3)18(15)24)16(21-20)12-9-8-11(26-4)10-13(12)27-5/h8-10,14-16,21H,6-7H2,1-5H3/t14-,15-,16-,20+/m0/s1. The van der Waals surface area contributed by atoms with E-state index in [0.29, 0.717) is 23.5 Å². The first-order chi connectivity index (χ1) is 13.4. The Hall–Kier alpha value is -2.61. The van der Waals surface area contributed by atoms with Crippen molar-refractivity contribution in [2.45, 2.75) is 31.8 Å². The summed E-state index contributed by atoms with van der Waals surface area (Å²) in [4.78, 5) is 39.9. The summed E-state index contributed by atoms with van der Waals surface area (Å²) < 4.78 is 16.0. The summed E-state index contributed by atoms with van der Waals surface area (Å²) in [5, 5.41) is 3.29. The molecule has 0 bridgehead atoms. The number of carbonyl (C=O) groups is 3. The van der Waals surface area contributed by atoms with E-state index in [9.17, 15) is 14.4 Å². The number of imide groups is 1. The zero-order valence-electron chi connectivity index (χ0n) is 16.8. The fourth-order valence-corrected chi connectivity index (χ4v) is 4.41. The molecule has 0 radical (unpaired) electrons. The third-order valence-electron chi connectivity index (χ3n) is 5.85. The second-order valence-electron chi connectivity index (χ2n) is 7.01. The Morgan fingerprint density at radius 1 is 1.18 bits per heavy atom. The highest BCUT2D eigenvalue weighted by Crippen LogP contribution is 2.51. The maximum atomic E-state index is 12.9. The Morgan fingerprint density at radius 3 is 2.46 bits per heavy atom. The molecule has 2 heterocycles. The van der Waals surface area contributed by atoms with Crippen LogP contribution in [0.3, 0.4) is 0 Å².